The Kier molecular flexibility index (Phi) is 4.61. The Morgan fingerprint density at radius 1 is 1.15 bits per heavy atom. The number of nitrogens with two attached hydrogens (primary N) is 1. The molecule has 7 heteroatoms. The first-order valence-electron chi connectivity index (χ1n) is 8.77. The summed E-state index contributed by atoms with van der Waals surface area (Å²) in [5.74, 6) is 0.525. The molecule has 1 aromatic carbocycles. The number of carbonyl (C=O) groups is 1. The number of nitrogens with zero attached hydrogens (tertiary/aromatic N) is 2. The van der Waals surface area contributed by atoms with Gasteiger partial charge in [-0.2, -0.15) is 0 Å². The minimum absolute atomic E-state index is 0.148. The molecule has 2 aromatic heterocycles. The molecule has 1 aliphatic carbocycles. The molecule has 0 amide bonds. The summed E-state index contributed by atoms with van der Waals surface area (Å²) in [5.41, 5.74) is 7.60. The number of ketones is 1. The molecule has 4 N–H and O–H groups in total. The summed E-state index contributed by atoms with van der Waals surface area (Å²) < 4.78 is 0. The van der Waals surface area contributed by atoms with Gasteiger partial charge in [0.1, 0.15) is 17.8 Å². The first-order chi connectivity index (χ1) is 12.6. The molecule has 0 aliphatic heterocycles. The molecule has 0 saturated heterocycles. The number of nitrogens with one attached hydrogen (secondary N) is 2. The second-order valence-corrected chi connectivity index (χ2v) is 7.12. The lowest BCUT2D eigenvalue weighted by Gasteiger charge is -2.27. The highest BCUT2D eigenvalue weighted by Crippen LogP contribution is 2.29. The molecular weight excluding hydrogens is 350 g/mol. The van der Waals surface area contributed by atoms with Gasteiger partial charge in [0, 0.05) is 23.8 Å². The zero-order chi connectivity index (χ0) is 18.1. The number of halogens is 1. The molecule has 1 aliphatic rings. The Balaban J connectivity index is 1.71. The van der Waals surface area contributed by atoms with Crippen LogP contribution in [-0.4, -0.2) is 32.8 Å². The van der Waals surface area contributed by atoms with Crippen LogP contribution in [0.5, 0.6) is 0 Å². The highest BCUT2D eigenvalue weighted by atomic mass is 35.5. The number of H-pyrrole nitrogens is 1. The molecular formula is C19H20ClN5O. The Bertz CT molecular complexity index is 946. The van der Waals surface area contributed by atoms with E-state index in [0.717, 1.165) is 25.7 Å². The van der Waals surface area contributed by atoms with Crippen LogP contribution in [0.15, 0.2) is 36.8 Å². The summed E-state index contributed by atoms with van der Waals surface area (Å²) in [4.78, 5) is 24.7. The average molecular weight is 370 g/mol. The van der Waals surface area contributed by atoms with Crippen molar-refractivity contribution in [2.75, 3.05) is 5.32 Å². The first-order valence-corrected chi connectivity index (χ1v) is 9.14. The number of carbonyl (C=O) groups excluding carboxylic acids is 1. The van der Waals surface area contributed by atoms with Gasteiger partial charge in [-0.1, -0.05) is 23.7 Å². The number of hydrogen-bond acceptors (Lipinski definition) is 5. The Hall–Kier alpha value is -2.44. The van der Waals surface area contributed by atoms with Gasteiger partial charge in [0.05, 0.1) is 16.0 Å². The van der Waals surface area contributed by atoms with Crippen LogP contribution in [0.25, 0.3) is 11.0 Å². The number of hydrogen-bond donors (Lipinski definition) is 3. The molecule has 2 heterocycles. The van der Waals surface area contributed by atoms with Crippen LogP contribution in [0.2, 0.25) is 5.02 Å². The van der Waals surface area contributed by atoms with Gasteiger partial charge in [-0.15, -0.1) is 0 Å². The molecule has 0 unspecified atom stereocenters. The maximum Gasteiger partial charge on any atom is 0.196 e. The Morgan fingerprint density at radius 2 is 1.92 bits per heavy atom. The molecule has 4 rings (SSSR count). The van der Waals surface area contributed by atoms with Gasteiger partial charge in [0.25, 0.3) is 0 Å². The SMILES string of the molecule is N[C@H]1CC[C@@H](Nc2ncnc3[nH]cc(C(=O)c4ccccc4Cl)c23)CC1. The fraction of sp³-hybridized carbons (Fsp3) is 0.316. The van der Waals surface area contributed by atoms with E-state index in [2.05, 4.69) is 20.3 Å². The lowest BCUT2D eigenvalue weighted by Crippen LogP contribution is -2.33. The van der Waals surface area contributed by atoms with Crippen molar-refractivity contribution in [3.8, 4) is 0 Å². The number of aromatic amines is 1. The van der Waals surface area contributed by atoms with Crippen molar-refractivity contribution in [3.05, 3.63) is 52.9 Å². The third-order valence-corrected chi connectivity index (χ3v) is 5.28. The minimum Gasteiger partial charge on any atom is -0.367 e. The monoisotopic (exact) mass is 369 g/mol. The predicted molar refractivity (Wildman–Crippen MR) is 103 cm³/mol. The molecule has 134 valence electrons. The zero-order valence-corrected chi connectivity index (χ0v) is 15.0. The lowest BCUT2D eigenvalue weighted by atomic mass is 9.92. The molecule has 3 aromatic rings. The first kappa shape index (κ1) is 17.0. The van der Waals surface area contributed by atoms with E-state index < -0.39 is 0 Å². The van der Waals surface area contributed by atoms with Gasteiger partial charge in [-0.3, -0.25) is 4.79 Å². The second-order valence-electron chi connectivity index (χ2n) is 6.71. The highest BCUT2D eigenvalue weighted by Gasteiger charge is 2.23. The maximum absolute atomic E-state index is 13.0. The minimum atomic E-state index is -0.148. The highest BCUT2D eigenvalue weighted by molar-refractivity contribution is 6.35. The van der Waals surface area contributed by atoms with E-state index in [1.165, 1.54) is 6.33 Å². The number of fused-ring (bicyclic) bond motifs is 1. The number of anilines is 1. The Labute approximate surface area is 156 Å². The van der Waals surface area contributed by atoms with Gasteiger partial charge in [-0.25, -0.2) is 9.97 Å². The Morgan fingerprint density at radius 3 is 2.69 bits per heavy atom. The summed E-state index contributed by atoms with van der Waals surface area (Å²) in [6.07, 6.45) is 7.14. The van der Waals surface area contributed by atoms with Crippen molar-refractivity contribution in [3.63, 3.8) is 0 Å². The second kappa shape index (κ2) is 7.05. The normalized spacial score (nSPS) is 20.2. The van der Waals surface area contributed by atoms with Crippen LogP contribution in [0, 0.1) is 0 Å². The fourth-order valence-corrected chi connectivity index (χ4v) is 3.72. The van der Waals surface area contributed by atoms with Gasteiger partial charge in [0.15, 0.2) is 5.78 Å². The maximum atomic E-state index is 13.0. The van der Waals surface area contributed by atoms with E-state index in [1.807, 2.05) is 0 Å². The zero-order valence-electron chi connectivity index (χ0n) is 14.2. The number of aromatic nitrogens is 3. The average Bonchev–Trinajstić information content (AvgIpc) is 3.09. The molecule has 1 saturated carbocycles. The van der Waals surface area contributed by atoms with Gasteiger partial charge in [0.2, 0.25) is 0 Å². The van der Waals surface area contributed by atoms with Crippen LogP contribution in [0.1, 0.15) is 41.6 Å². The van der Waals surface area contributed by atoms with Crippen molar-refractivity contribution in [2.24, 2.45) is 5.73 Å². The van der Waals surface area contributed by atoms with E-state index in [0.29, 0.717) is 39.0 Å². The third-order valence-electron chi connectivity index (χ3n) is 4.95. The van der Waals surface area contributed by atoms with E-state index in [9.17, 15) is 4.79 Å². The summed E-state index contributed by atoms with van der Waals surface area (Å²) >= 11 is 6.21. The predicted octanol–water partition coefficient (Wildman–Crippen LogP) is 3.52. The molecule has 0 radical (unpaired) electrons. The van der Waals surface area contributed by atoms with Crippen molar-refractivity contribution in [1.29, 1.82) is 0 Å². The van der Waals surface area contributed by atoms with Gasteiger partial charge < -0.3 is 16.0 Å². The van der Waals surface area contributed by atoms with Crippen LogP contribution in [0.4, 0.5) is 5.82 Å². The lowest BCUT2D eigenvalue weighted by molar-refractivity contribution is 0.104. The van der Waals surface area contributed by atoms with Crippen molar-refractivity contribution < 1.29 is 4.79 Å². The molecule has 26 heavy (non-hydrogen) atoms. The van der Waals surface area contributed by atoms with Crippen molar-refractivity contribution in [2.45, 2.75) is 37.8 Å². The third kappa shape index (κ3) is 3.18. The quantitative estimate of drug-likeness (QED) is 0.611. The van der Waals surface area contributed by atoms with E-state index >= 15 is 0 Å². The van der Waals surface area contributed by atoms with Crippen molar-refractivity contribution in [1.82, 2.24) is 15.0 Å². The summed E-state index contributed by atoms with van der Waals surface area (Å²) in [6.45, 7) is 0. The number of rotatable bonds is 4. The van der Waals surface area contributed by atoms with Crippen molar-refractivity contribution >= 4 is 34.2 Å². The summed E-state index contributed by atoms with van der Waals surface area (Å²) in [7, 11) is 0. The van der Waals surface area contributed by atoms with E-state index in [1.54, 1.807) is 30.5 Å². The molecule has 0 atom stereocenters. The molecule has 6 nitrogen and oxygen atoms in total. The van der Waals surface area contributed by atoms with Crippen LogP contribution in [-0.2, 0) is 0 Å². The van der Waals surface area contributed by atoms with E-state index in [4.69, 9.17) is 17.3 Å². The van der Waals surface area contributed by atoms with Crippen LogP contribution < -0.4 is 11.1 Å². The smallest absolute Gasteiger partial charge is 0.196 e. The standard InChI is InChI=1S/C19H20ClN5O/c20-15-4-2-1-3-13(15)17(26)14-9-22-18-16(14)19(24-10-23-18)25-12-7-5-11(21)6-8-12/h1-4,9-12H,5-8,21H2,(H2,22,23,24,25)/t11-,12+. The molecule has 1 fully saturated rings. The van der Waals surface area contributed by atoms with Crippen LogP contribution >= 0.6 is 11.6 Å². The topological polar surface area (TPSA) is 96.7 Å². The van der Waals surface area contributed by atoms with Crippen LogP contribution in [0.3, 0.4) is 0 Å². The number of benzene rings is 1. The summed E-state index contributed by atoms with van der Waals surface area (Å²) in [6, 6.07) is 7.62. The van der Waals surface area contributed by atoms with E-state index in [-0.39, 0.29) is 11.8 Å². The van der Waals surface area contributed by atoms with Gasteiger partial charge in [-0.05, 0) is 37.8 Å². The summed E-state index contributed by atoms with van der Waals surface area (Å²) in [5, 5.41) is 4.61. The molecule has 0 spiro atoms. The van der Waals surface area contributed by atoms with Gasteiger partial charge >= 0.3 is 0 Å². The largest absolute Gasteiger partial charge is 0.367 e. The fourth-order valence-electron chi connectivity index (χ4n) is 3.50. The molecule has 0 bridgehead atoms.